The molecular formula is C13H20Cl2N2O. The molecule has 1 fully saturated rings. The van der Waals surface area contributed by atoms with Crippen LogP contribution in [0.25, 0.3) is 0 Å². The van der Waals surface area contributed by atoms with Gasteiger partial charge in [-0.3, -0.25) is 4.90 Å². The fourth-order valence-electron chi connectivity index (χ4n) is 2.36. The first-order chi connectivity index (χ1) is 8.31. The fraction of sp³-hybridized carbons (Fsp3) is 0.538. The van der Waals surface area contributed by atoms with Crippen molar-refractivity contribution in [3.05, 3.63) is 34.9 Å². The van der Waals surface area contributed by atoms with E-state index in [0.29, 0.717) is 6.04 Å². The predicted octanol–water partition coefficient (Wildman–Crippen LogP) is 2.09. The second-order valence-electron chi connectivity index (χ2n) is 4.37. The first-order valence-corrected chi connectivity index (χ1v) is 6.50. The zero-order chi connectivity index (χ0) is 12.1. The molecule has 18 heavy (non-hydrogen) atoms. The van der Waals surface area contributed by atoms with Crippen LogP contribution in [0.2, 0.25) is 5.02 Å². The molecule has 0 spiro atoms. The van der Waals surface area contributed by atoms with Gasteiger partial charge in [0.25, 0.3) is 0 Å². The van der Waals surface area contributed by atoms with E-state index in [1.54, 1.807) is 0 Å². The molecule has 2 rings (SSSR count). The highest BCUT2D eigenvalue weighted by atomic mass is 35.5. The number of halogens is 2. The Bertz CT molecular complexity index is 339. The SMILES string of the molecule is Cl.OCC[C@@H](c1ccc(Cl)cc1)N1CCNCC1. The van der Waals surface area contributed by atoms with Crippen LogP contribution < -0.4 is 5.32 Å². The van der Waals surface area contributed by atoms with E-state index in [2.05, 4.69) is 22.3 Å². The molecule has 5 heteroatoms. The minimum Gasteiger partial charge on any atom is -0.396 e. The number of aliphatic hydroxyl groups is 1. The molecule has 0 bridgehead atoms. The number of hydrogen-bond donors (Lipinski definition) is 2. The molecule has 1 aromatic carbocycles. The van der Waals surface area contributed by atoms with Gasteiger partial charge >= 0.3 is 0 Å². The maximum Gasteiger partial charge on any atom is 0.0449 e. The average molecular weight is 291 g/mol. The molecule has 1 aliphatic heterocycles. The first-order valence-electron chi connectivity index (χ1n) is 6.12. The van der Waals surface area contributed by atoms with Crippen LogP contribution in [0.15, 0.2) is 24.3 Å². The third-order valence-electron chi connectivity index (χ3n) is 3.25. The fourth-order valence-corrected chi connectivity index (χ4v) is 2.49. The van der Waals surface area contributed by atoms with E-state index < -0.39 is 0 Å². The zero-order valence-electron chi connectivity index (χ0n) is 10.3. The van der Waals surface area contributed by atoms with Gasteiger partial charge in [0.2, 0.25) is 0 Å². The predicted molar refractivity (Wildman–Crippen MR) is 77.6 cm³/mol. The van der Waals surface area contributed by atoms with Crippen molar-refractivity contribution in [1.82, 2.24) is 10.2 Å². The van der Waals surface area contributed by atoms with E-state index in [1.807, 2.05) is 12.1 Å². The van der Waals surface area contributed by atoms with Crippen LogP contribution in [0.4, 0.5) is 0 Å². The molecule has 2 N–H and O–H groups in total. The topological polar surface area (TPSA) is 35.5 Å². The van der Waals surface area contributed by atoms with Gasteiger partial charge in [-0.25, -0.2) is 0 Å². The molecule has 1 atom stereocenters. The Hall–Kier alpha value is -0.320. The van der Waals surface area contributed by atoms with Gasteiger partial charge in [0.15, 0.2) is 0 Å². The summed E-state index contributed by atoms with van der Waals surface area (Å²) < 4.78 is 0. The summed E-state index contributed by atoms with van der Waals surface area (Å²) in [6, 6.07) is 8.27. The number of piperazine rings is 1. The van der Waals surface area contributed by atoms with Crippen molar-refractivity contribution in [2.24, 2.45) is 0 Å². The van der Waals surface area contributed by atoms with Crippen molar-refractivity contribution in [2.45, 2.75) is 12.5 Å². The van der Waals surface area contributed by atoms with Crippen molar-refractivity contribution in [3.63, 3.8) is 0 Å². The van der Waals surface area contributed by atoms with Crippen LogP contribution in [0.3, 0.4) is 0 Å². The van der Waals surface area contributed by atoms with Crippen LogP contribution in [0.5, 0.6) is 0 Å². The normalized spacial score (nSPS) is 18.1. The van der Waals surface area contributed by atoms with E-state index >= 15 is 0 Å². The van der Waals surface area contributed by atoms with E-state index in [-0.39, 0.29) is 19.0 Å². The summed E-state index contributed by atoms with van der Waals surface area (Å²) in [7, 11) is 0. The van der Waals surface area contributed by atoms with Gasteiger partial charge in [0.1, 0.15) is 0 Å². The second-order valence-corrected chi connectivity index (χ2v) is 4.80. The largest absolute Gasteiger partial charge is 0.396 e. The van der Waals surface area contributed by atoms with Crippen LogP contribution in [-0.2, 0) is 0 Å². The third kappa shape index (κ3) is 4.11. The van der Waals surface area contributed by atoms with Gasteiger partial charge in [0, 0.05) is 43.9 Å². The number of hydrogen-bond acceptors (Lipinski definition) is 3. The smallest absolute Gasteiger partial charge is 0.0449 e. The molecule has 0 amide bonds. The summed E-state index contributed by atoms with van der Waals surface area (Å²) in [5.41, 5.74) is 1.24. The second kappa shape index (κ2) is 7.97. The van der Waals surface area contributed by atoms with Crippen molar-refractivity contribution < 1.29 is 5.11 Å². The lowest BCUT2D eigenvalue weighted by atomic mass is 10.0. The van der Waals surface area contributed by atoms with Gasteiger partial charge in [-0.1, -0.05) is 23.7 Å². The molecule has 1 heterocycles. The highest BCUT2D eigenvalue weighted by Gasteiger charge is 2.21. The van der Waals surface area contributed by atoms with Crippen LogP contribution >= 0.6 is 24.0 Å². The van der Waals surface area contributed by atoms with E-state index in [0.717, 1.165) is 37.6 Å². The highest BCUT2D eigenvalue weighted by Crippen LogP contribution is 2.25. The van der Waals surface area contributed by atoms with Crippen LogP contribution in [0.1, 0.15) is 18.0 Å². The molecular weight excluding hydrogens is 271 g/mol. The van der Waals surface area contributed by atoms with Crippen molar-refractivity contribution in [2.75, 3.05) is 32.8 Å². The Morgan fingerprint density at radius 2 is 1.83 bits per heavy atom. The minimum atomic E-state index is 0. The molecule has 0 radical (unpaired) electrons. The lowest BCUT2D eigenvalue weighted by molar-refractivity contribution is 0.141. The van der Waals surface area contributed by atoms with E-state index in [1.165, 1.54) is 5.56 Å². The van der Waals surface area contributed by atoms with Crippen molar-refractivity contribution in [3.8, 4) is 0 Å². The number of benzene rings is 1. The molecule has 0 unspecified atom stereocenters. The molecule has 1 aliphatic rings. The minimum absolute atomic E-state index is 0. The Morgan fingerprint density at radius 3 is 2.39 bits per heavy atom. The number of rotatable bonds is 4. The number of nitrogens with zero attached hydrogens (tertiary/aromatic N) is 1. The maximum atomic E-state index is 9.21. The Kier molecular flexibility index (Phi) is 6.97. The van der Waals surface area contributed by atoms with Crippen molar-refractivity contribution >= 4 is 24.0 Å². The molecule has 0 aromatic heterocycles. The van der Waals surface area contributed by atoms with Crippen LogP contribution in [0, 0.1) is 0 Å². The summed E-state index contributed by atoms with van der Waals surface area (Å²) in [6.07, 6.45) is 0.779. The molecule has 102 valence electrons. The van der Waals surface area contributed by atoms with Gasteiger partial charge in [-0.15, -0.1) is 12.4 Å². The van der Waals surface area contributed by atoms with Gasteiger partial charge < -0.3 is 10.4 Å². The van der Waals surface area contributed by atoms with E-state index in [9.17, 15) is 5.11 Å². The Balaban J connectivity index is 0.00000162. The highest BCUT2D eigenvalue weighted by molar-refractivity contribution is 6.30. The first kappa shape index (κ1) is 15.7. The summed E-state index contributed by atoms with van der Waals surface area (Å²) in [6.45, 7) is 4.34. The van der Waals surface area contributed by atoms with Crippen LogP contribution in [-0.4, -0.2) is 42.8 Å². The van der Waals surface area contributed by atoms with E-state index in [4.69, 9.17) is 11.6 Å². The molecule has 1 aromatic rings. The zero-order valence-corrected chi connectivity index (χ0v) is 11.9. The summed E-state index contributed by atoms with van der Waals surface area (Å²) in [5, 5.41) is 13.3. The lowest BCUT2D eigenvalue weighted by Crippen LogP contribution is -2.45. The Morgan fingerprint density at radius 1 is 1.22 bits per heavy atom. The molecule has 1 saturated heterocycles. The standard InChI is InChI=1S/C13H19ClN2O.ClH/c14-12-3-1-11(2-4-12)13(5-10-17)16-8-6-15-7-9-16;/h1-4,13,15,17H,5-10H2;1H/t13-;/m0./s1. The molecule has 3 nitrogen and oxygen atoms in total. The third-order valence-corrected chi connectivity index (χ3v) is 3.50. The maximum absolute atomic E-state index is 9.21. The number of aliphatic hydroxyl groups excluding tert-OH is 1. The molecule has 0 aliphatic carbocycles. The number of nitrogens with one attached hydrogen (secondary N) is 1. The van der Waals surface area contributed by atoms with Gasteiger partial charge in [-0.2, -0.15) is 0 Å². The Labute approximate surface area is 120 Å². The molecule has 0 saturated carbocycles. The lowest BCUT2D eigenvalue weighted by Gasteiger charge is -2.35. The average Bonchev–Trinajstić information content (AvgIpc) is 2.38. The summed E-state index contributed by atoms with van der Waals surface area (Å²) >= 11 is 5.91. The quantitative estimate of drug-likeness (QED) is 0.891. The van der Waals surface area contributed by atoms with Gasteiger partial charge in [0.05, 0.1) is 0 Å². The van der Waals surface area contributed by atoms with Gasteiger partial charge in [-0.05, 0) is 24.1 Å². The summed E-state index contributed by atoms with van der Waals surface area (Å²) in [4.78, 5) is 2.43. The van der Waals surface area contributed by atoms with Crippen molar-refractivity contribution in [1.29, 1.82) is 0 Å². The monoisotopic (exact) mass is 290 g/mol. The summed E-state index contributed by atoms with van der Waals surface area (Å²) in [5.74, 6) is 0.